The number of sulfonamides is 1. The molecule has 0 spiro atoms. The van der Waals surface area contributed by atoms with Crippen molar-refractivity contribution in [2.75, 3.05) is 42.0 Å². The van der Waals surface area contributed by atoms with Crippen molar-refractivity contribution in [1.29, 1.82) is 0 Å². The first kappa shape index (κ1) is 28.4. The van der Waals surface area contributed by atoms with E-state index in [1.807, 2.05) is 38.4 Å². The van der Waals surface area contributed by atoms with Crippen LogP contribution >= 0.6 is 12.2 Å². The average molecular weight is 591 g/mol. The molecule has 2 N–H and O–H groups in total. The number of aryl methyl sites for hydroxylation is 1. The minimum absolute atomic E-state index is 0.228. The molecule has 0 radical (unpaired) electrons. The van der Waals surface area contributed by atoms with Crippen LogP contribution in [-0.4, -0.2) is 50.5 Å². The van der Waals surface area contributed by atoms with Gasteiger partial charge in [0.05, 0.1) is 36.8 Å². The predicted octanol–water partition coefficient (Wildman–Crippen LogP) is 5.11. The van der Waals surface area contributed by atoms with E-state index in [0.717, 1.165) is 46.0 Å². The summed E-state index contributed by atoms with van der Waals surface area (Å²) in [4.78, 5) is 8.81. The topological polar surface area (TPSA) is 91.7 Å². The third-order valence-corrected chi connectivity index (χ3v) is 8.18. The third-order valence-electron chi connectivity index (χ3n) is 7.27. The van der Waals surface area contributed by atoms with Crippen molar-refractivity contribution in [2.45, 2.75) is 25.9 Å². The van der Waals surface area contributed by atoms with Gasteiger partial charge in [-0.1, -0.05) is 6.07 Å². The molecule has 5 rings (SSSR count). The van der Waals surface area contributed by atoms with Crippen LogP contribution in [0.15, 0.2) is 72.9 Å². The Morgan fingerprint density at radius 1 is 1.02 bits per heavy atom. The highest BCUT2D eigenvalue weighted by Gasteiger charge is 2.42. The van der Waals surface area contributed by atoms with Gasteiger partial charge < -0.3 is 24.4 Å². The lowest BCUT2D eigenvalue weighted by molar-refractivity contribution is 0.417. The number of anilines is 3. The molecule has 1 aliphatic rings. The van der Waals surface area contributed by atoms with Gasteiger partial charge in [0.2, 0.25) is 10.0 Å². The monoisotopic (exact) mass is 590 g/mol. The molecule has 1 aliphatic heterocycles. The van der Waals surface area contributed by atoms with E-state index in [2.05, 4.69) is 73.6 Å². The van der Waals surface area contributed by atoms with Crippen molar-refractivity contribution in [3.8, 4) is 11.4 Å². The molecule has 9 nitrogen and oxygen atoms in total. The van der Waals surface area contributed by atoms with E-state index in [-0.39, 0.29) is 12.1 Å². The molecule has 1 fully saturated rings. The Labute approximate surface area is 246 Å². The van der Waals surface area contributed by atoms with Gasteiger partial charge in [-0.05, 0) is 86.2 Å². The molecule has 41 heavy (non-hydrogen) atoms. The van der Waals surface area contributed by atoms with Crippen molar-refractivity contribution in [2.24, 2.45) is 0 Å². The van der Waals surface area contributed by atoms with Crippen molar-refractivity contribution >= 4 is 44.4 Å². The number of pyridine rings is 1. The van der Waals surface area contributed by atoms with Gasteiger partial charge in [0.25, 0.3) is 0 Å². The lowest BCUT2D eigenvalue weighted by Gasteiger charge is -2.29. The number of benzene rings is 2. The van der Waals surface area contributed by atoms with Crippen LogP contribution in [0.5, 0.6) is 5.75 Å². The number of ether oxygens (including phenoxy) is 1. The summed E-state index contributed by atoms with van der Waals surface area (Å²) in [6, 6.07) is 21.4. The predicted molar refractivity (Wildman–Crippen MR) is 169 cm³/mol. The number of aromatic nitrogens is 2. The number of hydrogen-bond acceptors (Lipinski definition) is 6. The van der Waals surface area contributed by atoms with Crippen LogP contribution in [0.1, 0.15) is 34.7 Å². The van der Waals surface area contributed by atoms with Crippen molar-refractivity contribution in [3.63, 3.8) is 0 Å². The van der Waals surface area contributed by atoms with Gasteiger partial charge in [0, 0.05) is 54.8 Å². The molecule has 3 heterocycles. The van der Waals surface area contributed by atoms with Crippen LogP contribution in [-0.2, 0) is 10.0 Å². The fourth-order valence-corrected chi connectivity index (χ4v) is 6.36. The SMILES string of the molecule is COc1cc(N2C(=S)N[C@H](c3ccccn3)[C@H]2c2cc(C)n(-c3ccc(N(C)C)cc3)c2C)ccc1NS(C)(=O)=O. The minimum Gasteiger partial charge on any atom is -0.494 e. The summed E-state index contributed by atoms with van der Waals surface area (Å²) >= 11 is 5.91. The Morgan fingerprint density at radius 2 is 1.73 bits per heavy atom. The van der Waals surface area contributed by atoms with E-state index in [4.69, 9.17) is 17.0 Å². The van der Waals surface area contributed by atoms with Gasteiger partial charge in [-0.2, -0.15) is 0 Å². The number of rotatable bonds is 8. The van der Waals surface area contributed by atoms with E-state index in [1.54, 1.807) is 18.3 Å². The zero-order chi connectivity index (χ0) is 29.5. The molecule has 11 heteroatoms. The molecule has 0 amide bonds. The van der Waals surface area contributed by atoms with Crippen LogP contribution < -0.4 is 24.6 Å². The number of thiocarbonyl (C=S) groups is 1. The van der Waals surface area contributed by atoms with E-state index >= 15 is 0 Å². The summed E-state index contributed by atoms with van der Waals surface area (Å²) in [5, 5.41) is 4.04. The maximum Gasteiger partial charge on any atom is 0.229 e. The Hall–Kier alpha value is -4.09. The second kappa shape index (κ2) is 11.1. The molecule has 214 valence electrons. The van der Waals surface area contributed by atoms with Crippen LogP contribution in [0.25, 0.3) is 5.69 Å². The van der Waals surface area contributed by atoms with E-state index < -0.39 is 10.0 Å². The zero-order valence-corrected chi connectivity index (χ0v) is 25.5. The van der Waals surface area contributed by atoms with Gasteiger partial charge in [-0.15, -0.1) is 0 Å². The van der Waals surface area contributed by atoms with Crippen molar-refractivity contribution in [1.82, 2.24) is 14.9 Å². The summed E-state index contributed by atoms with van der Waals surface area (Å²) < 4.78 is 34.2. The molecule has 0 saturated carbocycles. The molecular formula is C30H34N6O3S2. The first-order chi connectivity index (χ1) is 19.5. The van der Waals surface area contributed by atoms with E-state index in [1.165, 1.54) is 7.11 Å². The lowest BCUT2D eigenvalue weighted by Crippen LogP contribution is -2.29. The Morgan fingerprint density at radius 3 is 2.34 bits per heavy atom. The number of nitrogens with zero attached hydrogens (tertiary/aromatic N) is 4. The van der Waals surface area contributed by atoms with E-state index in [9.17, 15) is 8.42 Å². The molecule has 0 aliphatic carbocycles. The fourth-order valence-electron chi connectivity index (χ4n) is 5.45. The van der Waals surface area contributed by atoms with Crippen LogP contribution in [0, 0.1) is 13.8 Å². The Balaban J connectivity index is 1.64. The highest BCUT2D eigenvalue weighted by atomic mass is 32.2. The normalized spacial score (nSPS) is 16.9. The van der Waals surface area contributed by atoms with Crippen molar-refractivity contribution < 1.29 is 13.2 Å². The highest BCUT2D eigenvalue weighted by Crippen LogP contribution is 2.45. The first-order valence-corrected chi connectivity index (χ1v) is 15.4. The molecule has 0 unspecified atom stereocenters. The fraction of sp³-hybridized carbons (Fsp3) is 0.267. The van der Waals surface area contributed by atoms with Gasteiger partial charge in [0.1, 0.15) is 5.75 Å². The number of hydrogen-bond donors (Lipinski definition) is 2. The standard InChI is InChI=1S/C30H34N6O3S2/c1-19-17-24(20(2)35(19)22-12-10-21(11-13-22)34(3)4)29-28(26-9-7-8-16-31-26)32-30(40)36(29)23-14-15-25(27(18-23)39-5)33-41(6,37)38/h7-18,28-29,33H,1-6H3,(H,32,40)/t28-,29-/m1/s1. The van der Waals surface area contributed by atoms with Gasteiger partial charge >= 0.3 is 0 Å². The average Bonchev–Trinajstić information content (AvgIpc) is 3.43. The number of nitrogens with one attached hydrogen (secondary N) is 2. The Bertz CT molecular complexity index is 1690. The van der Waals surface area contributed by atoms with Gasteiger partial charge in [0.15, 0.2) is 5.11 Å². The summed E-state index contributed by atoms with van der Waals surface area (Å²) in [5.74, 6) is 0.391. The molecule has 0 bridgehead atoms. The van der Waals surface area contributed by atoms with Crippen LogP contribution in [0.3, 0.4) is 0 Å². The molecule has 1 saturated heterocycles. The van der Waals surface area contributed by atoms with Gasteiger partial charge in [-0.3, -0.25) is 9.71 Å². The van der Waals surface area contributed by atoms with Gasteiger partial charge in [-0.25, -0.2) is 8.42 Å². The second-order valence-corrected chi connectivity index (χ2v) is 12.5. The summed E-state index contributed by atoms with van der Waals surface area (Å²) in [6.07, 6.45) is 2.89. The van der Waals surface area contributed by atoms with E-state index in [0.29, 0.717) is 16.5 Å². The first-order valence-electron chi connectivity index (χ1n) is 13.1. The van der Waals surface area contributed by atoms with Crippen LogP contribution in [0.2, 0.25) is 0 Å². The third kappa shape index (κ3) is 5.59. The maximum absolute atomic E-state index is 11.9. The summed E-state index contributed by atoms with van der Waals surface area (Å²) in [5.41, 5.74) is 7.47. The Kier molecular flexibility index (Phi) is 7.67. The zero-order valence-electron chi connectivity index (χ0n) is 23.9. The second-order valence-electron chi connectivity index (χ2n) is 10.3. The molecule has 2 atom stereocenters. The number of methoxy groups -OCH3 is 1. The highest BCUT2D eigenvalue weighted by molar-refractivity contribution is 7.92. The van der Waals surface area contributed by atoms with Crippen LogP contribution in [0.4, 0.5) is 17.1 Å². The quantitative estimate of drug-likeness (QED) is 0.274. The molecule has 4 aromatic rings. The summed E-state index contributed by atoms with van der Waals surface area (Å²) in [7, 11) is 2.08. The van der Waals surface area contributed by atoms with Crippen molar-refractivity contribution in [3.05, 3.63) is 95.6 Å². The smallest absolute Gasteiger partial charge is 0.229 e. The largest absolute Gasteiger partial charge is 0.494 e. The lowest BCUT2D eigenvalue weighted by atomic mass is 9.96. The summed E-state index contributed by atoms with van der Waals surface area (Å²) in [6.45, 7) is 4.22. The molecular weight excluding hydrogens is 557 g/mol. The molecule has 2 aromatic carbocycles. The molecule has 2 aromatic heterocycles. The minimum atomic E-state index is -3.49. The maximum atomic E-state index is 11.9.